The van der Waals surface area contributed by atoms with Gasteiger partial charge in [-0.1, -0.05) is 32.1 Å². The summed E-state index contributed by atoms with van der Waals surface area (Å²) >= 11 is 0. The first-order valence-corrected chi connectivity index (χ1v) is 3.96. The van der Waals surface area contributed by atoms with Gasteiger partial charge in [-0.2, -0.15) is 8.78 Å². The lowest BCUT2D eigenvalue weighted by Gasteiger charge is -2.19. The van der Waals surface area contributed by atoms with Crippen molar-refractivity contribution in [3.8, 4) is 0 Å². The fourth-order valence-electron chi connectivity index (χ4n) is 1.61. The molecule has 1 aliphatic carbocycles. The molecule has 0 amide bonds. The van der Waals surface area contributed by atoms with Gasteiger partial charge in [0, 0.05) is 6.42 Å². The van der Waals surface area contributed by atoms with Gasteiger partial charge in [-0.3, -0.25) is 0 Å². The van der Waals surface area contributed by atoms with Gasteiger partial charge in [-0.25, -0.2) is 0 Å². The van der Waals surface area contributed by atoms with Gasteiger partial charge in [-0.05, 0) is 5.92 Å². The zero-order chi connectivity index (χ0) is 7.40. The molecule has 0 aliphatic heterocycles. The minimum atomic E-state index is -1.38. The Morgan fingerprint density at radius 3 is 2.20 bits per heavy atom. The minimum Gasteiger partial charge on any atom is -0.200 e. The minimum absolute atomic E-state index is 0.0556. The summed E-state index contributed by atoms with van der Waals surface area (Å²) < 4.78 is 23.5. The van der Waals surface area contributed by atoms with Crippen LogP contribution in [0.5, 0.6) is 0 Å². The van der Waals surface area contributed by atoms with Crippen LogP contribution in [0.15, 0.2) is 0 Å². The Kier molecular flexibility index (Phi) is 3.10. The fourth-order valence-corrected chi connectivity index (χ4v) is 1.61. The molecule has 0 saturated heterocycles. The number of halogens is 2. The predicted molar refractivity (Wildman–Crippen MR) is 36.7 cm³/mol. The quantitative estimate of drug-likeness (QED) is 0.561. The summed E-state index contributed by atoms with van der Waals surface area (Å²) in [6.07, 6.45) is 4.24. The molecule has 0 aromatic carbocycles. The van der Waals surface area contributed by atoms with Crippen LogP contribution < -0.4 is 0 Å². The van der Waals surface area contributed by atoms with Crippen molar-refractivity contribution < 1.29 is 8.78 Å². The van der Waals surface area contributed by atoms with Crippen molar-refractivity contribution in [2.75, 3.05) is 0 Å². The maximum atomic E-state index is 11.7. The third-order valence-corrected chi connectivity index (χ3v) is 2.17. The average molecular weight is 147 g/mol. The van der Waals surface area contributed by atoms with Gasteiger partial charge in [0.15, 0.2) is 0 Å². The van der Waals surface area contributed by atoms with Gasteiger partial charge in [0.05, 0.1) is 0 Å². The largest absolute Gasteiger partial charge is 0.310 e. The lowest BCUT2D eigenvalue weighted by Crippen LogP contribution is -2.07. The molecule has 0 heterocycles. The third-order valence-electron chi connectivity index (χ3n) is 2.17. The van der Waals surface area contributed by atoms with Crippen LogP contribution in [0.3, 0.4) is 0 Å². The lowest BCUT2D eigenvalue weighted by atomic mass is 9.87. The van der Waals surface area contributed by atoms with Gasteiger partial charge in [-0.15, -0.1) is 0 Å². The van der Waals surface area contributed by atoms with Crippen LogP contribution in [-0.2, 0) is 0 Å². The molecule has 0 spiro atoms. The monoisotopic (exact) mass is 147 g/mol. The second kappa shape index (κ2) is 3.89. The zero-order valence-corrected chi connectivity index (χ0v) is 6.08. The summed E-state index contributed by atoms with van der Waals surface area (Å²) in [5.41, 5.74) is 0. The molecule has 10 heavy (non-hydrogen) atoms. The van der Waals surface area contributed by atoms with Crippen LogP contribution in [0.1, 0.15) is 38.5 Å². The van der Waals surface area contributed by atoms with E-state index in [0.29, 0.717) is 5.92 Å². The van der Waals surface area contributed by atoms with E-state index in [9.17, 15) is 8.78 Å². The normalized spacial score (nSPS) is 21.9. The first kappa shape index (κ1) is 7.96. The Morgan fingerprint density at radius 2 is 1.70 bits per heavy atom. The zero-order valence-electron chi connectivity index (χ0n) is 6.08. The van der Waals surface area contributed by atoms with Crippen LogP contribution in [0.2, 0.25) is 0 Å². The molecule has 1 rings (SSSR count). The number of rotatable bonds is 2. The fraction of sp³-hybridized carbons (Fsp3) is 0.875. The van der Waals surface area contributed by atoms with E-state index < -0.39 is 6.43 Å². The highest BCUT2D eigenvalue weighted by molar-refractivity contribution is 4.72. The molecule has 59 valence electrons. The molecule has 0 aromatic heterocycles. The first-order chi connectivity index (χ1) is 4.79. The van der Waals surface area contributed by atoms with Gasteiger partial charge < -0.3 is 0 Å². The lowest BCUT2D eigenvalue weighted by molar-refractivity contribution is 0.213. The van der Waals surface area contributed by atoms with E-state index in [0.717, 1.165) is 25.7 Å². The van der Waals surface area contributed by atoms with Crippen molar-refractivity contribution in [3.05, 3.63) is 6.43 Å². The molecule has 2 heteroatoms. The first-order valence-electron chi connectivity index (χ1n) is 3.96. The van der Waals surface area contributed by atoms with Crippen molar-refractivity contribution in [1.82, 2.24) is 0 Å². The second-order valence-electron chi connectivity index (χ2n) is 3.05. The van der Waals surface area contributed by atoms with Crippen LogP contribution in [0.4, 0.5) is 8.78 Å². The molecule has 0 aromatic rings. The number of hydrogen-bond donors (Lipinski definition) is 0. The van der Waals surface area contributed by atoms with Gasteiger partial charge in [0.1, 0.15) is 0 Å². The van der Waals surface area contributed by atoms with E-state index in [1.54, 1.807) is 0 Å². The highest BCUT2D eigenvalue weighted by Gasteiger charge is 2.18. The molecule has 1 saturated carbocycles. The summed E-state index contributed by atoms with van der Waals surface area (Å²) in [5, 5.41) is 0. The second-order valence-corrected chi connectivity index (χ2v) is 3.05. The van der Waals surface area contributed by atoms with E-state index >= 15 is 0 Å². The van der Waals surface area contributed by atoms with Crippen molar-refractivity contribution in [2.45, 2.75) is 38.5 Å². The summed E-state index contributed by atoms with van der Waals surface area (Å²) in [6.45, 7) is 0. The Labute approximate surface area is 60.6 Å². The highest BCUT2D eigenvalue weighted by Crippen LogP contribution is 2.30. The van der Waals surface area contributed by atoms with Crippen LogP contribution in [0, 0.1) is 12.3 Å². The average Bonchev–Trinajstić information content (AvgIpc) is 1.88. The molecule has 0 N–H and O–H groups in total. The Morgan fingerprint density at radius 1 is 1.10 bits per heavy atom. The van der Waals surface area contributed by atoms with Crippen molar-refractivity contribution in [2.24, 2.45) is 5.92 Å². The highest BCUT2D eigenvalue weighted by atomic mass is 19.3. The Balaban J connectivity index is 2.13. The topological polar surface area (TPSA) is 0 Å². The molecule has 1 aliphatic rings. The van der Waals surface area contributed by atoms with E-state index in [-0.39, 0.29) is 6.42 Å². The molecule has 0 unspecified atom stereocenters. The SMILES string of the molecule is F[C](F)CC1CCCCC1. The van der Waals surface area contributed by atoms with Crippen molar-refractivity contribution in [1.29, 1.82) is 0 Å². The molecule has 0 bridgehead atoms. The standard InChI is InChI=1S/C8H13F2/c9-8(10)6-7-4-2-1-3-5-7/h7H,1-6H2. The van der Waals surface area contributed by atoms with Crippen LogP contribution in [0.25, 0.3) is 0 Å². The maximum absolute atomic E-state index is 11.7. The van der Waals surface area contributed by atoms with E-state index in [2.05, 4.69) is 0 Å². The summed E-state index contributed by atoms with van der Waals surface area (Å²) in [4.78, 5) is 0. The molecular weight excluding hydrogens is 134 g/mol. The van der Waals surface area contributed by atoms with E-state index in [1.165, 1.54) is 6.42 Å². The van der Waals surface area contributed by atoms with E-state index in [4.69, 9.17) is 0 Å². The third kappa shape index (κ3) is 2.63. The number of hydrogen-bond acceptors (Lipinski definition) is 0. The molecule has 1 fully saturated rings. The predicted octanol–water partition coefficient (Wildman–Crippen LogP) is 3.39. The Hall–Kier alpha value is -0.140. The van der Waals surface area contributed by atoms with Crippen LogP contribution >= 0.6 is 0 Å². The van der Waals surface area contributed by atoms with Crippen molar-refractivity contribution >= 4 is 0 Å². The van der Waals surface area contributed by atoms with Crippen LogP contribution in [-0.4, -0.2) is 0 Å². The smallest absolute Gasteiger partial charge is 0.200 e. The van der Waals surface area contributed by atoms with Gasteiger partial charge in [0.25, 0.3) is 0 Å². The van der Waals surface area contributed by atoms with Gasteiger partial charge >= 0.3 is 6.43 Å². The summed E-state index contributed by atoms with van der Waals surface area (Å²) in [5.74, 6) is 0.291. The Bertz CT molecular complexity index is 85.3. The molecule has 0 atom stereocenters. The van der Waals surface area contributed by atoms with Gasteiger partial charge in [0.2, 0.25) is 0 Å². The maximum Gasteiger partial charge on any atom is 0.310 e. The summed E-state index contributed by atoms with van der Waals surface area (Å²) in [7, 11) is 0. The summed E-state index contributed by atoms with van der Waals surface area (Å²) in [6, 6.07) is 0. The van der Waals surface area contributed by atoms with E-state index in [1.807, 2.05) is 0 Å². The molecule has 1 radical (unpaired) electrons. The van der Waals surface area contributed by atoms with Crippen molar-refractivity contribution in [3.63, 3.8) is 0 Å². The molecule has 0 nitrogen and oxygen atoms in total. The molecular formula is C8H13F2.